The van der Waals surface area contributed by atoms with Crippen LogP contribution in [0.25, 0.3) is 11.1 Å². The van der Waals surface area contributed by atoms with Crippen molar-refractivity contribution in [2.45, 2.75) is 32.8 Å². The minimum Gasteiger partial charge on any atom is -0.508 e. The molecule has 0 radical (unpaired) electrons. The molecule has 0 spiro atoms. The monoisotopic (exact) mass is 256 g/mol. The Labute approximate surface area is 114 Å². The first-order valence-electron chi connectivity index (χ1n) is 6.70. The molecule has 0 saturated heterocycles. The topological polar surface area (TPSA) is 40.5 Å². The molecule has 0 aliphatic rings. The lowest BCUT2D eigenvalue weighted by Crippen LogP contribution is -1.96. The lowest BCUT2D eigenvalue weighted by Gasteiger charge is -2.12. The number of phenols is 1. The number of aromatic hydroxyl groups is 1. The summed E-state index contributed by atoms with van der Waals surface area (Å²) in [6.07, 6.45) is 1.34. The van der Waals surface area contributed by atoms with E-state index in [-0.39, 0.29) is 5.75 Å². The summed E-state index contributed by atoms with van der Waals surface area (Å²) in [4.78, 5) is 0. The molecule has 2 nitrogen and oxygen atoms in total. The first-order chi connectivity index (χ1) is 9.11. The van der Waals surface area contributed by atoms with E-state index >= 15 is 0 Å². The van der Waals surface area contributed by atoms with Crippen LogP contribution in [0.2, 0.25) is 0 Å². The highest BCUT2D eigenvalue weighted by atomic mass is 16.3. The molecule has 0 heterocycles. The lowest BCUT2D eigenvalue weighted by atomic mass is 9.96. The summed E-state index contributed by atoms with van der Waals surface area (Å²) < 4.78 is 0. The van der Waals surface area contributed by atoms with Gasteiger partial charge in [-0.15, -0.1) is 0 Å². The number of hydrogen-bond donors (Lipinski definition) is 2. The van der Waals surface area contributed by atoms with E-state index in [4.69, 9.17) is 0 Å². The van der Waals surface area contributed by atoms with Crippen molar-refractivity contribution in [3.8, 4) is 16.9 Å². The van der Waals surface area contributed by atoms with Gasteiger partial charge in [0, 0.05) is 0 Å². The van der Waals surface area contributed by atoms with Gasteiger partial charge >= 0.3 is 0 Å². The van der Waals surface area contributed by atoms with Crippen molar-refractivity contribution in [1.29, 1.82) is 0 Å². The summed E-state index contributed by atoms with van der Waals surface area (Å²) in [5.41, 5.74) is 4.14. The Morgan fingerprint density at radius 1 is 1.11 bits per heavy atom. The van der Waals surface area contributed by atoms with Gasteiger partial charge in [-0.1, -0.05) is 37.6 Å². The Morgan fingerprint density at radius 3 is 2.58 bits per heavy atom. The van der Waals surface area contributed by atoms with Gasteiger partial charge < -0.3 is 10.2 Å². The highest BCUT2D eigenvalue weighted by Gasteiger charge is 2.09. The number of aliphatic hydroxyl groups is 1. The Bertz CT molecular complexity index is 561. The van der Waals surface area contributed by atoms with E-state index in [0.717, 1.165) is 35.1 Å². The zero-order chi connectivity index (χ0) is 13.8. The summed E-state index contributed by atoms with van der Waals surface area (Å²) in [5.74, 6) is 0.281. The van der Waals surface area contributed by atoms with Gasteiger partial charge in [0.25, 0.3) is 0 Å². The highest BCUT2D eigenvalue weighted by Crippen LogP contribution is 2.29. The van der Waals surface area contributed by atoms with Crippen LogP contribution in [0.1, 0.15) is 37.0 Å². The Morgan fingerprint density at radius 2 is 1.89 bits per heavy atom. The summed E-state index contributed by atoms with van der Waals surface area (Å²) in [5, 5.41) is 19.5. The van der Waals surface area contributed by atoms with Crippen LogP contribution in [0.15, 0.2) is 42.5 Å². The van der Waals surface area contributed by atoms with Crippen LogP contribution in [0.5, 0.6) is 5.75 Å². The zero-order valence-corrected chi connectivity index (χ0v) is 11.4. The summed E-state index contributed by atoms with van der Waals surface area (Å²) in [6.45, 7) is 4.04. The minimum absolute atomic E-state index is 0.281. The smallest absolute Gasteiger partial charge is 0.115 e. The van der Waals surface area contributed by atoms with Crippen molar-refractivity contribution in [2.75, 3.05) is 0 Å². The SMILES string of the molecule is CCCC(O)c1cccc(-c2ccc(O)cc2C)c1. The van der Waals surface area contributed by atoms with Gasteiger partial charge in [-0.05, 0) is 53.8 Å². The molecule has 0 bridgehead atoms. The van der Waals surface area contributed by atoms with Crippen LogP contribution < -0.4 is 0 Å². The van der Waals surface area contributed by atoms with Gasteiger partial charge in [0.1, 0.15) is 5.75 Å². The molecule has 0 amide bonds. The third-order valence-corrected chi connectivity index (χ3v) is 3.35. The second kappa shape index (κ2) is 5.89. The predicted octanol–water partition coefficient (Wildman–Crippen LogP) is 4.20. The number of hydrogen-bond acceptors (Lipinski definition) is 2. The fourth-order valence-corrected chi connectivity index (χ4v) is 2.33. The largest absolute Gasteiger partial charge is 0.508 e. The molecular weight excluding hydrogens is 236 g/mol. The molecule has 0 aromatic heterocycles. The van der Waals surface area contributed by atoms with Crippen LogP contribution >= 0.6 is 0 Å². The highest BCUT2D eigenvalue weighted by molar-refractivity contribution is 5.68. The Hall–Kier alpha value is -1.80. The molecule has 2 aromatic rings. The molecule has 2 aromatic carbocycles. The lowest BCUT2D eigenvalue weighted by molar-refractivity contribution is 0.166. The van der Waals surface area contributed by atoms with E-state index < -0.39 is 6.10 Å². The first-order valence-corrected chi connectivity index (χ1v) is 6.70. The van der Waals surface area contributed by atoms with E-state index in [1.165, 1.54) is 0 Å². The van der Waals surface area contributed by atoms with Crippen LogP contribution in [-0.4, -0.2) is 10.2 Å². The third-order valence-electron chi connectivity index (χ3n) is 3.35. The molecular formula is C17H20O2. The van der Waals surface area contributed by atoms with Gasteiger partial charge in [0.15, 0.2) is 0 Å². The van der Waals surface area contributed by atoms with Gasteiger partial charge in [-0.25, -0.2) is 0 Å². The molecule has 2 N–H and O–H groups in total. The van der Waals surface area contributed by atoms with E-state index in [9.17, 15) is 10.2 Å². The molecule has 1 atom stereocenters. The molecule has 19 heavy (non-hydrogen) atoms. The molecule has 0 saturated carbocycles. The molecule has 0 aliphatic heterocycles. The Balaban J connectivity index is 2.37. The number of aryl methyl sites for hydroxylation is 1. The second-order valence-corrected chi connectivity index (χ2v) is 4.93. The number of benzene rings is 2. The standard InChI is InChI=1S/C17H20O2/c1-3-5-17(19)14-7-4-6-13(11-14)16-9-8-15(18)10-12(16)2/h4,6-11,17-19H,3,5H2,1-2H3. The van der Waals surface area contributed by atoms with Crippen LogP contribution in [0.4, 0.5) is 0 Å². The maximum absolute atomic E-state index is 10.1. The Kier molecular flexibility index (Phi) is 4.23. The van der Waals surface area contributed by atoms with Crippen molar-refractivity contribution < 1.29 is 10.2 Å². The van der Waals surface area contributed by atoms with E-state index in [0.29, 0.717) is 0 Å². The minimum atomic E-state index is -0.401. The summed E-state index contributed by atoms with van der Waals surface area (Å²) in [6, 6.07) is 13.3. The van der Waals surface area contributed by atoms with E-state index in [2.05, 4.69) is 6.92 Å². The molecule has 0 fully saturated rings. The van der Waals surface area contributed by atoms with Gasteiger partial charge in [0.2, 0.25) is 0 Å². The summed E-state index contributed by atoms with van der Waals surface area (Å²) >= 11 is 0. The van der Waals surface area contributed by atoms with E-state index in [1.807, 2.05) is 37.3 Å². The maximum atomic E-state index is 10.1. The van der Waals surface area contributed by atoms with Gasteiger partial charge in [0.05, 0.1) is 6.10 Å². The predicted molar refractivity (Wildman–Crippen MR) is 78.1 cm³/mol. The van der Waals surface area contributed by atoms with Crippen LogP contribution in [-0.2, 0) is 0 Å². The fraction of sp³-hybridized carbons (Fsp3) is 0.294. The van der Waals surface area contributed by atoms with Gasteiger partial charge in [-0.3, -0.25) is 0 Å². The molecule has 2 rings (SSSR count). The van der Waals surface area contributed by atoms with Gasteiger partial charge in [-0.2, -0.15) is 0 Å². The van der Waals surface area contributed by atoms with Crippen molar-refractivity contribution in [2.24, 2.45) is 0 Å². The van der Waals surface area contributed by atoms with Crippen LogP contribution in [0.3, 0.4) is 0 Å². The number of aliphatic hydroxyl groups excluding tert-OH is 1. The average molecular weight is 256 g/mol. The summed E-state index contributed by atoms with van der Waals surface area (Å²) in [7, 11) is 0. The fourth-order valence-electron chi connectivity index (χ4n) is 2.33. The molecule has 1 unspecified atom stereocenters. The van der Waals surface area contributed by atoms with E-state index in [1.54, 1.807) is 12.1 Å². The van der Waals surface area contributed by atoms with Crippen molar-refractivity contribution in [1.82, 2.24) is 0 Å². The molecule has 0 aliphatic carbocycles. The molecule has 2 heteroatoms. The van der Waals surface area contributed by atoms with Crippen molar-refractivity contribution in [3.05, 3.63) is 53.6 Å². The average Bonchev–Trinajstić information content (AvgIpc) is 2.39. The molecule has 100 valence electrons. The zero-order valence-electron chi connectivity index (χ0n) is 11.4. The van der Waals surface area contributed by atoms with Crippen LogP contribution in [0, 0.1) is 6.92 Å². The maximum Gasteiger partial charge on any atom is 0.115 e. The number of phenolic OH excluding ortho intramolecular Hbond substituents is 1. The van der Waals surface area contributed by atoms with Crippen molar-refractivity contribution >= 4 is 0 Å². The normalized spacial score (nSPS) is 12.4. The second-order valence-electron chi connectivity index (χ2n) is 4.93. The first kappa shape index (κ1) is 13.6. The third kappa shape index (κ3) is 3.15. The van der Waals surface area contributed by atoms with Crippen molar-refractivity contribution in [3.63, 3.8) is 0 Å². The quantitative estimate of drug-likeness (QED) is 0.860. The number of rotatable bonds is 4.